The molecule has 0 bridgehead atoms. The molecule has 4 nitrogen and oxygen atoms in total. The van der Waals surface area contributed by atoms with E-state index in [0.717, 1.165) is 17.5 Å². The Kier molecular flexibility index (Phi) is 3.40. The lowest BCUT2D eigenvalue weighted by Gasteiger charge is -2.11. The second-order valence-corrected chi connectivity index (χ2v) is 3.60. The van der Waals surface area contributed by atoms with Crippen molar-refractivity contribution in [2.75, 3.05) is 19.3 Å². The van der Waals surface area contributed by atoms with Gasteiger partial charge < -0.3 is 10.6 Å². The Bertz CT molecular complexity index is 205. The number of amides is 1. The summed E-state index contributed by atoms with van der Waals surface area (Å²) < 4.78 is 0. The number of rotatable bonds is 2. The summed E-state index contributed by atoms with van der Waals surface area (Å²) in [5.74, 6) is 1.01. The van der Waals surface area contributed by atoms with Crippen molar-refractivity contribution in [3.63, 3.8) is 0 Å². The highest BCUT2D eigenvalue weighted by molar-refractivity contribution is 8.14. The van der Waals surface area contributed by atoms with Gasteiger partial charge in [0.1, 0.15) is 6.04 Å². The lowest BCUT2D eigenvalue weighted by atomic mass is 10.3. The van der Waals surface area contributed by atoms with Crippen LogP contribution in [0.2, 0.25) is 0 Å². The molecule has 0 aromatic heterocycles. The molecule has 5 heteroatoms. The molecule has 0 spiro atoms. The number of nitrogens with zero attached hydrogens (tertiary/aromatic N) is 1. The lowest BCUT2D eigenvalue weighted by Crippen LogP contribution is -2.42. The van der Waals surface area contributed by atoms with Crippen LogP contribution in [0.15, 0.2) is 4.99 Å². The van der Waals surface area contributed by atoms with Gasteiger partial charge in [-0.2, -0.15) is 0 Å². The first-order valence-electron chi connectivity index (χ1n) is 3.89. The summed E-state index contributed by atoms with van der Waals surface area (Å²) in [6, 6.07) is -0.195. The van der Waals surface area contributed by atoms with Gasteiger partial charge in [-0.05, 0) is 6.92 Å². The van der Waals surface area contributed by atoms with Crippen molar-refractivity contribution < 1.29 is 4.79 Å². The van der Waals surface area contributed by atoms with Gasteiger partial charge in [-0.1, -0.05) is 11.8 Å². The van der Waals surface area contributed by atoms with E-state index in [4.69, 9.17) is 0 Å². The normalized spacial score (nSPS) is 18.3. The summed E-state index contributed by atoms with van der Waals surface area (Å²) in [7, 11) is 1.63. The van der Waals surface area contributed by atoms with Gasteiger partial charge in [-0.3, -0.25) is 9.79 Å². The molecule has 1 amide bonds. The van der Waals surface area contributed by atoms with Crippen LogP contribution in [0.3, 0.4) is 0 Å². The molecule has 0 fully saturated rings. The zero-order chi connectivity index (χ0) is 8.97. The molecule has 1 rings (SSSR count). The number of thioether (sulfide) groups is 1. The molecule has 12 heavy (non-hydrogen) atoms. The molecule has 68 valence electrons. The number of nitrogens with one attached hydrogen (secondary N) is 2. The number of hydrogen-bond acceptors (Lipinski definition) is 4. The predicted molar refractivity (Wildman–Crippen MR) is 51.4 cm³/mol. The van der Waals surface area contributed by atoms with Crippen LogP contribution in [0.5, 0.6) is 0 Å². The molecule has 0 saturated carbocycles. The van der Waals surface area contributed by atoms with Gasteiger partial charge in [0.05, 0.1) is 6.54 Å². The van der Waals surface area contributed by atoms with Gasteiger partial charge >= 0.3 is 0 Å². The molecule has 2 N–H and O–H groups in total. The van der Waals surface area contributed by atoms with Gasteiger partial charge in [-0.15, -0.1) is 0 Å². The van der Waals surface area contributed by atoms with Gasteiger partial charge in [0, 0.05) is 12.8 Å². The van der Waals surface area contributed by atoms with E-state index in [9.17, 15) is 4.79 Å². The van der Waals surface area contributed by atoms with Crippen LogP contribution in [-0.2, 0) is 4.79 Å². The summed E-state index contributed by atoms with van der Waals surface area (Å²) in [4.78, 5) is 15.2. The first-order chi connectivity index (χ1) is 5.74. The number of carbonyl (C=O) groups excluding carboxylic acids is 1. The molecule has 1 aliphatic heterocycles. The van der Waals surface area contributed by atoms with E-state index >= 15 is 0 Å². The van der Waals surface area contributed by atoms with E-state index in [1.54, 1.807) is 18.8 Å². The van der Waals surface area contributed by atoms with Crippen molar-refractivity contribution in [1.29, 1.82) is 0 Å². The predicted octanol–water partition coefficient (Wildman–Crippen LogP) is -0.187. The minimum atomic E-state index is -0.195. The Morgan fingerprint density at radius 1 is 1.75 bits per heavy atom. The number of amidine groups is 1. The fourth-order valence-electron chi connectivity index (χ4n) is 0.890. The zero-order valence-electron chi connectivity index (χ0n) is 7.26. The Morgan fingerprint density at radius 2 is 2.50 bits per heavy atom. The summed E-state index contributed by atoms with van der Waals surface area (Å²) in [5.41, 5.74) is 0. The fraction of sp³-hybridized carbons (Fsp3) is 0.714. The third kappa shape index (κ3) is 2.41. The summed E-state index contributed by atoms with van der Waals surface area (Å²) >= 11 is 1.66. The van der Waals surface area contributed by atoms with Gasteiger partial charge in [0.15, 0.2) is 5.17 Å². The monoisotopic (exact) mass is 187 g/mol. The standard InChI is InChI=1S/C7H13N3OS/c1-5(6(11)8-2)10-7-9-3-4-12-7/h5H,3-4H2,1-2H3,(H,8,11)(H,9,10). The topological polar surface area (TPSA) is 53.5 Å². The fourth-order valence-corrected chi connectivity index (χ4v) is 1.71. The largest absolute Gasteiger partial charge is 0.357 e. The van der Waals surface area contributed by atoms with Crippen LogP contribution in [-0.4, -0.2) is 36.5 Å². The van der Waals surface area contributed by atoms with E-state index in [1.165, 1.54) is 0 Å². The highest BCUT2D eigenvalue weighted by atomic mass is 32.2. The number of aliphatic imine (C=N–C) groups is 1. The first-order valence-corrected chi connectivity index (χ1v) is 4.88. The molecule has 1 aliphatic rings. The Morgan fingerprint density at radius 3 is 3.00 bits per heavy atom. The Hall–Kier alpha value is -0.710. The molecule has 1 atom stereocenters. The second-order valence-electron chi connectivity index (χ2n) is 2.52. The average molecular weight is 187 g/mol. The highest BCUT2D eigenvalue weighted by Gasteiger charge is 2.14. The minimum Gasteiger partial charge on any atom is -0.357 e. The molecule has 0 aromatic rings. The Balaban J connectivity index is 2.34. The van der Waals surface area contributed by atoms with Crippen LogP contribution in [0.25, 0.3) is 0 Å². The number of likely N-dealkylation sites (N-methyl/N-ethyl adjacent to an activating group) is 1. The van der Waals surface area contributed by atoms with E-state index in [0.29, 0.717) is 0 Å². The van der Waals surface area contributed by atoms with Crippen molar-refractivity contribution in [1.82, 2.24) is 10.6 Å². The van der Waals surface area contributed by atoms with Crippen LogP contribution < -0.4 is 10.6 Å². The van der Waals surface area contributed by atoms with Gasteiger partial charge in [-0.25, -0.2) is 0 Å². The maximum atomic E-state index is 11.1. The molecule has 1 unspecified atom stereocenters. The summed E-state index contributed by atoms with van der Waals surface area (Å²) in [6.07, 6.45) is 0. The quantitative estimate of drug-likeness (QED) is 0.630. The number of hydrogen-bond donors (Lipinski definition) is 2. The SMILES string of the molecule is CNC(=O)C(C)NC1=NCCS1. The lowest BCUT2D eigenvalue weighted by molar-refractivity contribution is -0.121. The first kappa shape index (κ1) is 9.38. The van der Waals surface area contributed by atoms with Crippen molar-refractivity contribution >= 4 is 22.8 Å². The third-order valence-corrected chi connectivity index (χ3v) is 2.47. The minimum absolute atomic E-state index is 0.00907. The van der Waals surface area contributed by atoms with Crippen LogP contribution in [0, 0.1) is 0 Å². The van der Waals surface area contributed by atoms with E-state index in [1.807, 2.05) is 6.92 Å². The molecule has 0 aliphatic carbocycles. The number of carbonyl (C=O) groups is 1. The van der Waals surface area contributed by atoms with Gasteiger partial charge in [0.25, 0.3) is 0 Å². The second kappa shape index (κ2) is 4.35. The average Bonchev–Trinajstić information content (AvgIpc) is 2.55. The molecular formula is C7H13N3OS. The van der Waals surface area contributed by atoms with Crippen molar-refractivity contribution in [2.45, 2.75) is 13.0 Å². The molecule has 0 aromatic carbocycles. The summed E-state index contributed by atoms with van der Waals surface area (Å²) in [6.45, 7) is 2.67. The maximum absolute atomic E-state index is 11.1. The highest BCUT2D eigenvalue weighted by Crippen LogP contribution is 2.09. The maximum Gasteiger partial charge on any atom is 0.242 e. The molecule has 0 saturated heterocycles. The third-order valence-electron chi connectivity index (χ3n) is 1.57. The zero-order valence-corrected chi connectivity index (χ0v) is 8.07. The molecule has 1 heterocycles. The van der Waals surface area contributed by atoms with Crippen molar-refractivity contribution in [3.8, 4) is 0 Å². The molecule has 0 radical (unpaired) electrons. The van der Waals surface area contributed by atoms with Crippen molar-refractivity contribution in [2.24, 2.45) is 4.99 Å². The van der Waals surface area contributed by atoms with E-state index in [-0.39, 0.29) is 11.9 Å². The van der Waals surface area contributed by atoms with E-state index < -0.39 is 0 Å². The van der Waals surface area contributed by atoms with E-state index in [2.05, 4.69) is 15.6 Å². The molecular weight excluding hydrogens is 174 g/mol. The van der Waals surface area contributed by atoms with Crippen LogP contribution in [0.1, 0.15) is 6.92 Å². The van der Waals surface area contributed by atoms with Crippen LogP contribution >= 0.6 is 11.8 Å². The Labute approximate surface area is 76.2 Å². The summed E-state index contributed by atoms with van der Waals surface area (Å²) in [5, 5.41) is 6.48. The van der Waals surface area contributed by atoms with Crippen molar-refractivity contribution in [3.05, 3.63) is 0 Å². The van der Waals surface area contributed by atoms with Gasteiger partial charge in [0.2, 0.25) is 5.91 Å². The van der Waals surface area contributed by atoms with Crippen LogP contribution in [0.4, 0.5) is 0 Å². The smallest absolute Gasteiger partial charge is 0.242 e.